The molecule has 0 aliphatic heterocycles. The Morgan fingerprint density at radius 2 is 1.54 bits per heavy atom. The molecule has 0 aliphatic carbocycles. The van der Waals surface area contributed by atoms with Crippen LogP contribution in [-0.2, 0) is 10.0 Å². The van der Waals surface area contributed by atoms with Gasteiger partial charge in [-0.05, 0) is 75.3 Å². The molecule has 2 aromatic carbocycles. The SMILES string of the molecule is CCOc1ccc(C(=O)NNC(=O)c2cc(C)c(C)c(S(=O)(=O)NC)c2)cc1. The molecule has 0 radical (unpaired) electrons. The van der Waals surface area contributed by atoms with Crippen LogP contribution >= 0.6 is 0 Å². The van der Waals surface area contributed by atoms with Crippen molar-refractivity contribution in [2.24, 2.45) is 0 Å². The van der Waals surface area contributed by atoms with Gasteiger partial charge in [0.05, 0.1) is 11.5 Å². The molecule has 0 saturated heterocycles. The number of benzene rings is 2. The van der Waals surface area contributed by atoms with Gasteiger partial charge in [0, 0.05) is 11.1 Å². The highest BCUT2D eigenvalue weighted by atomic mass is 32.2. The van der Waals surface area contributed by atoms with Crippen LogP contribution in [0.15, 0.2) is 41.3 Å². The van der Waals surface area contributed by atoms with Gasteiger partial charge in [0.2, 0.25) is 10.0 Å². The van der Waals surface area contributed by atoms with Gasteiger partial charge in [-0.2, -0.15) is 0 Å². The molecular formula is C19H23N3O5S. The van der Waals surface area contributed by atoms with E-state index in [2.05, 4.69) is 15.6 Å². The van der Waals surface area contributed by atoms with Crippen LogP contribution in [0.25, 0.3) is 0 Å². The molecule has 0 bridgehead atoms. The molecule has 3 N–H and O–H groups in total. The topological polar surface area (TPSA) is 114 Å². The molecule has 0 aromatic heterocycles. The van der Waals surface area contributed by atoms with Crippen molar-refractivity contribution in [1.29, 1.82) is 0 Å². The lowest BCUT2D eigenvalue weighted by Crippen LogP contribution is -2.41. The maximum Gasteiger partial charge on any atom is 0.269 e. The van der Waals surface area contributed by atoms with Gasteiger partial charge >= 0.3 is 0 Å². The quantitative estimate of drug-likeness (QED) is 0.633. The second-order valence-corrected chi connectivity index (χ2v) is 7.84. The Morgan fingerprint density at radius 1 is 0.964 bits per heavy atom. The Morgan fingerprint density at radius 3 is 2.07 bits per heavy atom. The Hall–Kier alpha value is -2.91. The van der Waals surface area contributed by atoms with Gasteiger partial charge in [-0.3, -0.25) is 20.4 Å². The van der Waals surface area contributed by atoms with E-state index in [0.29, 0.717) is 29.0 Å². The molecule has 0 spiro atoms. The number of rotatable bonds is 6. The summed E-state index contributed by atoms with van der Waals surface area (Å²) < 4.78 is 31.8. The first-order valence-electron chi connectivity index (χ1n) is 8.58. The summed E-state index contributed by atoms with van der Waals surface area (Å²) in [4.78, 5) is 24.6. The van der Waals surface area contributed by atoms with Crippen LogP contribution in [0.4, 0.5) is 0 Å². The van der Waals surface area contributed by atoms with E-state index < -0.39 is 21.8 Å². The fourth-order valence-corrected chi connectivity index (χ4v) is 3.54. The molecule has 0 aliphatic rings. The minimum absolute atomic E-state index is 0.0120. The van der Waals surface area contributed by atoms with Crippen LogP contribution in [0, 0.1) is 13.8 Å². The number of ether oxygens (including phenoxy) is 1. The Bertz CT molecular complexity index is 985. The van der Waals surface area contributed by atoms with Gasteiger partial charge in [0.25, 0.3) is 11.8 Å². The number of hydrazine groups is 1. The van der Waals surface area contributed by atoms with E-state index in [0.717, 1.165) is 0 Å². The fraction of sp³-hybridized carbons (Fsp3) is 0.263. The number of nitrogens with one attached hydrogen (secondary N) is 3. The summed E-state index contributed by atoms with van der Waals surface area (Å²) in [6.07, 6.45) is 0. The van der Waals surface area contributed by atoms with Crippen molar-refractivity contribution in [3.63, 3.8) is 0 Å². The average molecular weight is 405 g/mol. The molecule has 8 nitrogen and oxygen atoms in total. The van der Waals surface area contributed by atoms with Crippen LogP contribution in [0.1, 0.15) is 38.8 Å². The van der Waals surface area contributed by atoms with Crippen molar-refractivity contribution in [2.75, 3.05) is 13.7 Å². The minimum Gasteiger partial charge on any atom is -0.494 e. The number of hydrogen-bond acceptors (Lipinski definition) is 5. The van der Waals surface area contributed by atoms with Crippen LogP contribution in [-0.4, -0.2) is 33.9 Å². The zero-order valence-electron chi connectivity index (χ0n) is 16.1. The maximum atomic E-state index is 12.4. The van der Waals surface area contributed by atoms with E-state index in [1.165, 1.54) is 13.1 Å². The van der Waals surface area contributed by atoms with E-state index in [1.54, 1.807) is 44.2 Å². The highest BCUT2D eigenvalue weighted by Crippen LogP contribution is 2.21. The normalized spacial score (nSPS) is 11.0. The van der Waals surface area contributed by atoms with Gasteiger partial charge in [-0.15, -0.1) is 0 Å². The first kappa shape index (κ1) is 21.4. The van der Waals surface area contributed by atoms with Crippen molar-refractivity contribution >= 4 is 21.8 Å². The molecule has 2 rings (SSSR count). The number of carbonyl (C=O) groups is 2. The number of amides is 2. The molecule has 0 fully saturated rings. The maximum absolute atomic E-state index is 12.4. The summed E-state index contributed by atoms with van der Waals surface area (Å²) >= 11 is 0. The van der Waals surface area contributed by atoms with Crippen molar-refractivity contribution in [3.8, 4) is 5.75 Å². The van der Waals surface area contributed by atoms with E-state index in [4.69, 9.17) is 4.74 Å². The Labute approximate surface area is 164 Å². The minimum atomic E-state index is -3.72. The zero-order chi connectivity index (χ0) is 20.9. The lowest BCUT2D eigenvalue weighted by Gasteiger charge is -2.13. The number of carbonyl (C=O) groups excluding carboxylic acids is 2. The van der Waals surface area contributed by atoms with Crippen LogP contribution < -0.4 is 20.3 Å². The van der Waals surface area contributed by atoms with Gasteiger partial charge in [0.15, 0.2) is 0 Å². The predicted molar refractivity (Wildman–Crippen MR) is 105 cm³/mol. The molecule has 0 unspecified atom stereocenters. The number of aryl methyl sites for hydroxylation is 1. The predicted octanol–water partition coefficient (Wildman–Crippen LogP) is 1.69. The zero-order valence-corrected chi connectivity index (χ0v) is 16.9. The summed E-state index contributed by atoms with van der Waals surface area (Å²) in [5.74, 6) is -0.505. The third-order valence-corrected chi connectivity index (χ3v) is 5.70. The van der Waals surface area contributed by atoms with E-state index in [9.17, 15) is 18.0 Å². The molecule has 28 heavy (non-hydrogen) atoms. The molecular weight excluding hydrogens is 382 g/mol. The fourth-order valence-electron chi connectivity index (χ4n) is 2.47. The smallest absolute Gasteiger partial charge is 0.269 e. The lowest BCUT2D eigenvalue weighted by atomic mass is 10.1. The average Bonchev–Trinajstić information content (AvgIpc) is 2.68. The largest absolute Gasteiger partial charge is 0.494 e. The molecule has 0 saturated carbocycles. The first-order valence-corrected chi connectivity index (χ1v) is 10.1. The molecule has 0 atom stereocenters. The summed E-state index contributed by atoms with van der Waals surface area (Å²) in [5, 5.41) is 0. The molecule has 2 aromatic rings. The standard InChI is InChI=1S/C19H23N3O5S/c1-5-27-16-8-6-14(7-9-16)18(23)21-22-19(24)15-10-12(2)13(3)17(11-15)28(25,26)20-4/h6-11,20H,5H2,1-4H3,(H,21,23)(H,22,24). The van der Waals surface area contributed by atoms with Crippen LogP contribution in [0.5, 0.6) is 5.75 Å². The summed E-state index contributed by atoms with van der Waals surface area (Å²) in [6.45, 7) is 5.74. The Balaban J connectivity index is 2.13. The van der Waals surface area contributed by atoms with E-state index in [1.807, 2.05) is 6.92 Å². The van der Waals surface area contributed by atoms with Crippen molar-refractivity contribution < 1.29 is 22.7 Å². The highest BCUT2D eigenvalue weighted by molar-refractivity contribution is 7.89. The van der Waals surface area contributed by atoms with Crippen LogP contribution in [0.2, 0.25) is 0 Å². The van der Waals surface area contributed by atoms with Crippen molar-refractivity contribution in [2.45, 2.75) is 25.7 Å². The van der Waals surface area contributed by atoms with Crippen molar-refractivity contribution in [3.05, 3.63) is 58.7 Å². The Kier molecular flexibility index (Phi) is 6.76. The summed E-state index contributed by atoms with van der Waals surface area (Å²) in [7, 11) is -2.42. The number of hydrogen-bond donors (Lipinski definition) is 3. The van der Waals surface area contributed by atoms with Gasteiger partial charge < -0.3 is 4.74 Å². The van der Waals surface area contributed by atoms with Crippen molar-refractivity contribution in [1.82, 2.24) is 15.6 Å². The summed E-state index contributed by atoms with van der Waals surface area (Å²) in [5.41, 5.74) is 6.24. The third kappa shape index (κ3) is 4.87. The van der Waals surface area contributed by atoms with Crippen LogP contribution in [0.3, 0.4) is 0 Å². The van der Waals surface area contributed by atoms with Gasteiger partial charge in [-0.25, -0.2) is 13.1 Å². The third-order valence-electron chi connectivity index (χ3n) is 4.16. The summed E-state index contributed by atoms with van der Waals surface area (Å²) in [6, 6.07) is 9.27. The van der Waals surface area contributed by atoms with Gasteiger partial charge in [0.1, 0.15) is 5.75 Å². The molecule has 0 heterocycles. The molecule has 150 valence electrons. The number of sulfonamides is 1. The highest BCUT2D eigenvalue weighted by Gasteiger charge is 2.19. The molecule has 9 heteroatoms. The first-order chi connectivity index (χ1) is 13.2. The monoisotopic (exact) mass is 405 g/mol. The molecule has 2 amide bonds. The van der Waals surface area contributed by atoms with E-state index in [-0.39, 0.29) is 10.5 Å². The lowest BCUT2D eigenvalue weighted by molar-refractivity contribution is 0.0846. The van der Waals surface area contributed by atoms with E-state index >= 15 is 0 Å². The van der Waals surface area contributed by atoms with Gasteiger partial charge in [-0.1, -0.05) is 0 Å². The second-order valence-electron chi connectivity index (χ2n) is 5.99. The second kappa shape index (κ2) is 8.85.